The molecule has 0 aliphatic carbocycles. The molecule has 1 fully saturated rings. The number of nitrogens with zero attached hydrogens (tertiary/aromatic N) is 5. The number of para-hydroxylation sites is 1. The highest BCUT2D eigenvalue weighted by molar-refractivity contribution is 5.95. The Morgan fingerprint density at radius 3 is 2.42 bits per heavy atom. The fourth-order valence-electron chi connectivity index (χ4n) is 3.11. The Morgan fingerprint density at radius 1 is 0.885 bits per heavy atom. The van der Waals surface area contributed by atoms with Crippen molar-refractivity contribution in [2.75, 3.05) is 31.1 Å². The van der Waals surface area contributed by atoms with Gasteiger partial charge in [0.15, 0.2) is 0 Å². The highest BCUT2D eigenvalue weighted by atomic mass is 16.2. The van der Waals surface area contributed by atoms with Crippen molar-refractivity contribution in [3.8, 4) is 0 Å². The molecule has 1 amide bonds. The molecule has 0 atom stereocenters. The summed E-state index contributed by atoms with van der Waals surface area (Å²) in [6, 6.07) is 11.7. The van der Waals surface area contributed by atoms with Crippen molar-refractivity contribution in [2.45, 2.75) is 0 Å². The Bertz CT molecular complexity index is 928. The molecule has 3 heterocycles. The molecule has 1 aromatic carbocycles. The van der Waals surface area contributed by atoms with Crippen molar-refractivity contribution in [3.05, 3.63) is 66.6 Å². The van der Waals surface area contributed by atoms with Gasteiger partial charge in [0.2, 0.25) is 11.9 Å². The third-order valence-corrected chi connectivity index (χ3v) is 4.50. The zero-order chi connectivity index (χ0) is 17.8. The summed E-state index contributed by atoms with van der Waals surface area (Å²) in [6.07, 6.45) is 8.73. The molecule has 26 heavy (non-hydrogen) atoms. The number of rotatable bonds is 3. The molecule has 6 nitrogen and oxygen atoms in total. The number of benzene rings is 1. The summed E-state index contributed by atoms with van der Waals surface area (Å²) in [6.45, 7) is 2.79. The van der Waals surface area contributed by atoms with Gasteiger partial charge in [-0.3, -0.25) is 9.78 Å². The Kier molecular flexibility index (Phi) is 4.55. The minimum atomic E-state index is 0.0200. The summed E-state index contributed by atoms with van der Waals surface area (Å²) in [5.41, 5.74) is 1.86. The SMILES string of the molecule is O=C(/C=C/c1cccc2cccnc12)N1CCN(c2ncccn2)CC1. The average Bonchev–Trinajstić information content (AvgIpc) is 2.73. The van der Waals surface area contributed by atoms with Gasteiger partial charge in [0.05, 0.1) is 5.52 Å². The molecule has 1 saturated heterocycles. The lowest BCUT2D eigenvalue weighted by Gasteiger charge is -2.34. The quantitative estimate of drug-likeness (QED) is 0.682. The lowest BCUT2D eigenvalue weighted by molar-refractivity contribution is -0.126. The van der Waals surface area contributed by atoms with Crippen LogP contribution >= 0.6 is 0 Å². The highest BCUT2D eigenvalue weighted by Crippen LogP contribution is 2.17. The summed E-state index contributed by atoms with van der Waals surface area (Å²) in [4.78, 5) is 29.4. The first-order valence-corrected chi connectivity index (χ1v) is 8.64. The first kappa shape index (κ1) is 16.2. The molecule has 2 aromatic heterocycles. The van der Waals surface area contributed by atoms with Gasteiger partial charge < -0.3 is 9.80 Å². The Morgan fingerprint density at radius 2 is 1.62 bits per heavy atom. The maximum Gasteiger partial charge on any atom is 0.246 e. The number of hydrogen-bond acceptors (Lipinski definition) is 5. The van der Waals surface area contributed by atoms with Crippen molar-refractivity contribution in [1.82, 2.24) is 19.9 Å². The molecule has 1 aliphatic heterocycles. The first-order valence-electron chi connectivity index (χ1n) is 8.64. The fraction of sp³-hybridized carbons (Fsp3) is 0.200. The smallest absolute Gasteiger partial charge is 0.246 e. The lowest BCUT2D eigenvalue weighted by Crippen LogP contribution is -2.48. The van der Waals surface area contributed by atoms with Crippen LogP contribution in [0.5, 0.6) is 0 Å². The molecule has 0 bridgehead atoms. The first-order chi connectivity index (χ1) is 12.8. The van der Waals surface area contributed by atoms with Crippen molar-refractivity contribution in [3.63, 3.8) is 0 Å². The number of carbonyl (C=O) groups is 1. The highest BCUT2D eigenvalue weighted by Gasteiger charge is 2.21. The number of aromatic nitrogens is 3. The minimum Gasteiger partial charge on any atom is -0.337 e. The van der Waals surface area contributed by atoms with E-state index < -0.39 is 0 Å². The van der Waals surface area contributed by atoms with Crippen molar-refractivity contribution in [1.29, 1.82) is 0 Å². The number of fused-ring (bicyclic) bond motifs is 1. The van der Waals surface area contributed by atoms with E-state index in [1.165, 1.54) is 0 Å². The molecule has 130 valence electrons. The van der Waals surface area contributed by atoms with Crippen LogP contribution in [0.4, 0.5) is 5.95 Å². The van der Waals surface area contributed by atoms with E-state index in [4.69, 9.17) is 0 Å². The molecule has 0 radical (unpaired) electrons. The van der Waals surface area contributed by atoms with Gasteiger partial charge in [0.25, 0.3) is 0 Å². The van der Waals surface area contributed by atoms with Crippen LogP contribution in [0.3, 0.4) is 0 Å². The Balaban J connectivity index is 1.42. The van der Waals surface area contributed by atoms with Gasteiger partial charge in [-0.15, -0.1) is 0 Å². The minimum absolute atomic E-state index is 0.0200. The Labute approximate surface area is 151 Å². The van der Waals surface area contributed by atoms with E-state index in [2.05, 4.69) is 19.9 Å². The monoisotopic (exact) mass is 345 g/mol. The number of carbonyl (C=O) groups excluding carboxylic acids is 1. The topological polar surface area (TPSA) is 62.2 Å². The van der Waals surface area contributed by atoms with E-state index in [0.717, 1.165) is 35.5 Å². The second kappa shape index (κ2) is 7.31. The maximum absolute atomic E-state index is 12.5. The zero-order valence-electron chi connectivity index (χ0n) is 14.3. The van der Waals surface area contributed by atoms with E-state index in [9.17, 15) is 4.79 Å². The van der Waals surface area contributed by atoms with Crippen LogP contribution in [0, 0.1) is 0 Å². The summed E-state index contributed by atoms with van der Waals surface area (Å²) in [5.74, 6) is 0.739. The second-order valence-corrected chi connectivity index (χ2v) is 6.12. The number of piperazine rings is 1. The van der Waals surface area contributed by atoms with Crippen LogP contribution in [-0.4, -0.2) is 51.9 Å². The molecule has 6 heteroatoms. The number of amides is 1. The largest absolute Gasteiger partial charge is 0.337 e. The van der Waals surface area contributed by atoms with Crippen LogP contribution in [0.2, 0.25) is 0 Å². The molecule has 4 rings (SSSR count). The summed E-state index contributed by atoms with van der Waals surface area (Å²) >= 11 is 0. The fourth-order valence-corrected chi connectivity index (χ4v) is 3.11. The average molecular weight is 345 g/mol. The van der Waals surface area contributed by atoms with Gasteiger partial charge >= 0.3 is 0 Å². The standard InChI is InChI=1S/C20H19N5O/c26-18(8-7-17-5-1-4-16-6-2-9-21-19(16)17)24-12-14-25(15-13-24)20-22-10-3-11-23-20/h1-11H,12-15H2/b8-7+. The predicted octanol–water partition coefficient (Wildman–Crippen LogP) is 2.39. The number of hydrogen-bond donors (Lipinski definition) is 0. The van der Waals surface area contributed by atoms with Gasteiger partial charge in [-0.2, -0.15) is 0 Å². The van der Waals surface area contributed by atoms with E-state index in [1.807, 2.05) is 41.3 Å². The van der Waals surface area contributed by atoms with Gasteiger partial charge in [-0.05, 0) is 18.2 Å². The lowest BCUT2D eigenvalue weighted by atomic mass is 10.1. The molecule has 0 saturated carbocycles. The van der Waals surface area contributed by atoms with Crippen LogP contribution in [0.15, 0.2) is 61.1 Å². The molecular weight excluding hydrogens is 326 g/mol. The van der Waals surface area contributed by atoms with Gasteiger partial charge in [-0.25, -0.2) is 9.97 Å². The van der Waals surface area contributed by atoms with E-state index in [-0.39, 0.29) is 5.91 Å². The second-order valence-electron chi connectivity index (χ2n) is 6.12. The maximum atomic E-state index is 12.5. The summed E-state index contributed by atoms with van der Waals surface area (Å²) in [7, 11) is 0. The van der Waals surface area contributed by atoms with Gasteiger partial charge in [0.1, 0.15) is 0 Å². The van der Waals surface area contributed by atoms with Crippen LogP contribution in [0.1, 0.15) is 5.56 Å². The third kappa shape index (κ3) is 3.39. The molecular formula is C20H19N5O. The van der Waals surface area contributed by atoms with E-state index >= 15 is 0 Å². The summed E-state index contributed by atoms with van der Waals surface area (Å²) < 4.78 is 0. The summed E-state index contributed by atoms with van der Waals surface area (Å²) in [5, 5.41) is 1.07. The van der Waals surface area contributed by atoms with Crippen molar-refractivity contribution < 1.29 is 4.79 Å². The number of pyridine rings is 1. The van der Waals surface area contributed by atoms with Crippen LogP contribution in [0.25, 0.3) is 17.0 Å². The predicted molar refractivity (Wildman–Crippen MR) is 102 cm³/mol. The molecule has 0 N–H and O–H groups in total. The van der Waals surface area contributed by atoms with Crippen molar-refractivity contribution in [2.24, 2.45) is 0 Å². The third-order valence-electron chi connectivity index (χ3n) is 4.50. The van der Waals surface area contributed by atoms with Crippen molar-refractivity contribution >= 4 is 28.8 Å². The molecule has 0 unspecified atom stereocenters. The normalized spacial score (nSPS) is 14.9. The number of anilines is 1. The van der Waals surface area contributed by atoms with Gasteiger partial charge in [0, 0.05) is 61.8 Å². The van der Waals surface area contributed by atoms with E-state index in [0.29, 0.717) is 13.1 Å². The van der Waals surface area contributed by atoms with E-state index in [1.54, 1.807) is 30.7 Å². The van der Waals surface area contributed by atoms with Gasteiger partial charge in [-0.1, -0.05) is 24.3 Å². The van der Waals surface area contributed by atoms with Crippen LogP contribution in [-0.2, 0) is 4.79 Å². The molecule has 1 aliphatic rings. The molecule has 3 aromatic rings. The Hall–Kier alpha value is -3.28. The zero-order valence-corrected chi connectivity index (χ0v) is 14.3. The van der Waals surface area contributed by atoms with Crippen LogP contribution < -0.4 is 4.90 Å². The molecule has 0 spiro atoms.